The number of hydrogen-bond acceptors (Lipinski definition) is 4. The molecule has 120 valence electrons. The highest BCUT2D eigenvalue weighted by molar-refractivity contribution is 9.10. The molecule has 1 rings (SSSR count). The number of aliphatic hydroxyl groups excluding tert-OH is 1. The molecule has 0 saturated carbocycles. The van der Waals surface area contributed by atoms with Gasteiger partial charge in [0, 0.05) is 17.1 Å². The minimum atomic E-state index is -3.88. The molecule has 0 radical (unpaired) electrons. The van der Waals surface area contributed by atoms with Crippen LogP contribution in [0.4, 0.5) is 10.1 Å². The lowest BCUT2D eigenvalue weighted by Gasteiger charge is -2.29. The van der Waals surface area contributed by atoms with E-state index in [2.05, 4.69) is 15.9 Å². The Morgan fingerprint density at radius 1 is 1.38 bits per heavy atom. The number of nitrogens with two attached hydrogens (primary N) is 1. The first-order valence-corrected chi connectivity index (χ1v) is 8.90. The Kier molecular flexibility index (Phi) is 6.58. The Morgan fingerprint density at radius 2 is 1.95 bits per heavy atom. The largest absolute Gasteiger partial charge is 0.396 e. The summed E-state index contributed by atoms with van der Waals surface area (Å²) < 4.78 is 40.3. The molecule has 0 aliphatic rings. The maximum absolute atomic E-state index is 13.4. The van der Waals surface area contributed by atoms with Gasteiger partial charge in [0.2, 0.25) is 10.0 Å². The van der Waals surface area contributed by atoms with Crippen molar-refractivity contribution in [1.29, 1.82) is 0 Å². The lowest BCUT2D eigenvalue weighted by Crippen LogP contribution is -2.41. The molecule has 21 heavy (non-hydrogen) atoms. The third-order valence-electron chi connectivity index (χ3n) is 3.31. The molecule has 0 unspecified atom stereocenters. The topological polar surface area (TPSA) is 83.6 Å². The van der Waals surface area contributed by atoms with Crippen molar-refractivity contribution in [2.45, 2.75) is 37.6 Å². The maximum atomic E-state index is 13.4. The lowest BCUT2D eigenvalue weighted by molar-refractivity contribution is 0.219. The highest BCUT2D eigenvalue weighted by Gasteiger charge is 2.31. The molecule has 0 fully saturated rings. The molecule has 5 nitrogen and oxygen atoms in total. The molecule has 0 saturated heterocycles. The van der Waals surface area contributed by atoms with E-state index in [4.69, 9.17) is 10.8 Å². The van der Waals surface area contributed by atoms with E-state index in [9.17, 15) is 12.8 Å². The molecule has 0 aliphatic heterocycles. The standard InChI is InChI=1S/C13H20BrFN2O3S/c1-3-9(4-2)17(5-6-18)21(19,20)13-8-12(16)11(15)7-10(13)14/h7-9,18H,3-6,16H2,1-2H3. The number of anilines is 1. The Labute approximate surface area is 133 Å². The van der Waals surface area contributed by atoms with Gasteiger partial charge in [-0.1, -0.05) is 13.8 Å². The summed E-state index contributed by atoms with van der Waals surface area (Å²) in [6.07, 6.45) is 1.23. The smallest absolute Gasteiger partial charge is 0.244 e. The summed E-state index contributed by atoms with van der Waals surface area (Å²) in [5, 5.41) is 9.15. The molecule has 0 spiro atoms. The first-order valence-electron chi connectivity index (χ1n) is 6.66. The summed E-state index contributed by atoms with van der Waals surface area (Å²) in [7, 11) is -3.88. The molecular weight excluding hydrogens is 363 g/mol. The molecular formula is C13H20BrFN2O3S. The summed E-state index contributed by atoms with van der Waals surface area (Å²) in [5.74, 6) is -0.683. The maximum Gasteiger partial charge on any atom is 0.244 e. The molecule has 8 heteroatoms. The van der Waals surface area contributed by atoms with Crippen LogP contribution in [0.25, 0.3) is 0 Å². The first-order chi connectivity index (χ1) is 9.79. The van der Waals surface area contributed by atoms with Gasteiger partial charge in [-0.05, 0) is 40.9 Å². The quantitative estimate of drug-likeness (QED) is 0.708. The molecule has 0 aliphatic carbocycles. The van der Waals surface area contributed by atoms with Crippen LogP contribution in [0.2, 0.25) is 0 Å². The van der Waals surface area contributed by atoms with E-state index in [-0.39, 0.29) is 34.2 Å². The van der Waals surface area contributed by atoms with Gasteiger partial charge in [-0.3, -0.25) is 0 Å². The van der Waals surface area contributed by atoms with Gasteiger partial charge in [-0.25, -0.2) is 12.8 Å². The van der Waals surface area contributed by atoms with Gasteiger partial charge in [0.25, 0.3) is 0 Å². The molecule has 0 amide bonds. The molecule has 0 bridgehead atoms. The van der Waals surface area contributed by atoms with Crippen molar-refractivity contribution in [2.75, 3.05) is 18.9 Å². The number of nitrogens with zero attached hydrogens (tertiary/aromatic N) is 1. The summed E-state index contributed by atoms with van der Waals surface area (Å²) in [6, 6.07) is 1.90. The van der Waals surface area contributed by atoms with Gasteiger partial charge in [-0.2, -0.15) is 4.31 Å². The number of nitrogen functional groups attached to an aromatic ring is 1. The normalized spacial score (nSPS) is 12.3. The van der Waals surface area contributed by atoms with E-state index in [1.165, 1.54) is 4.31 Å². The lowest BCUT2D eigenvalue weighted by atomic mass is 10.2. The van der Waals surface area contributed by atoms with Crippen molar-refractivity contribution in [3.63, 3.8) is 0 Å². The van der Waals surface area contributed by atoms with Crippen molar-refractivity contribution in [2.24, 2.45) is 0 Å². The zero-order valence-electron chi connectivity index (χ0n) is 12.0. The zero-order chi connectivity index (χ0) is 16.2. The molecule has 0 aromatic heterocycles. The second-order valence-electron chi connectivity index (χ2n) is 4.61. The van der Waals surface area contributed by atoms with Gasteiger partial charge < -0.3 is 10.8 Å². The van der Waals surface area contributed by atoms with Crippen LogP contribution in [0.5, 0.6) is 0 Å². The highest BCUT2D eigenvalue weighted by Crippen LogP contribution is 2.30. The fourth-order valence-electron chi connectivity index (χ4n) is 2.16. The van der Waals surface area contributed by atoms with E-state index in [0.29, 0.717) is 12.8 Å². The number of sulfonamides is 1. The number of rotatable bonds is 7. The van der Waals surface area contributed by atoms with Crippen LogP contribution in [-0.2, 0) is 10.0 Å². The van der Waals surface area contributed by atoms with E-state index in [1.807, 2.05) is 13.8 Å². The number of hydrogen-bond donors (Lipinski definition) is 2. The van der Waals surface area contributed by atoms with Crippen molar-refractivity contribution >= 4 is 31.6 Å². The predicted molar refractivity (Wildman–Crippen MR) is 83.9 cm³/mol. The van der Waals surface area contributed by atoms with Crippen LogP contribution in [0.3, 0.4) is 0 Å². The molecule has 3 N–H and O–H groups in total. The van der Waals surface area contributed by atoms with E-state index < -0.39 is 15.8 Å². The third kappa shape index (κ3) is 3.94. The predicted octanol–water partition coefficient (Wildman–Crippen LogP) is 2.34. The van der Waals surface area contributed by atoms with Crippen LogP contribution in [0.15, 0.2) is 21.5 Å². The summed E-state index contributed by atoms with van der Waals surface area (Å²) >= 11 is 3.07. The van der Waals surface area contributed by atoms with Crippen molar-refractivity contribution in [1.82, 2.24) is 4.31 Å². The van der Waals surface area contributed by atoms with E-state index in [1.54, 1.807) is 0 Å². The molecule has 1 aromatic carbocycles. The second kappa shape index (κ2) is 7.53. The molecule has 1 aromatic rings. The van der Waals surface area contributed by atoms with Crippen LogP contribution in [-0.4, -0.2) is 37.0 Å². The second-order valence-corrected chi connectivity index (χ2v) is 7.33. The Hall–Kier alpha value is -0.700. The average molecular weight is 383 g/mol. The van der Waals surface area contributed by atoms with Gasteiger partial charge in [0.1, 0.15) is 5.82 Å². The van der Waals surface area contributed by atoms with Crippen LogP contribution in [0, 0.1) is 5.82 Å². The minimum Gasteiger partial charge on any atom is -0.396 e. The fraction of sp³-hybridized carbons (Fsp3) is 0.538. The Balaban J connectivity index is 3.38. The molecule has 0 heterocycles. The van der Waals surface area contributed by atoms with Crippen LogP contribution in [0.1, 0.15) is 26.7 Å². The van der Waals surface area contributed by atoms with Crippen LogP contribution >= 0.6 is 15.9 Å². The highest BCUT2D eigenvalue weighted by atomic mass is 79.9. The average Bonchev–Trinajstić information content (AvgIpc) is 2.43. The van der Waals surface area contributed by atoms with Gasteiger partial charge >= 0.3 is 0 Å². The minimum absolute atomic E-state index is 0.0155. The fourth-order valence-corrected chi connectivity index (χ4v) is 4.94. The van der Waals surface area contributed by atoms with Gasteiger partial charge in [0.05, 0.1) is 17.2 Å². The number of aliphatic hydroxyl groups is 1. The number of halogens is 2. The monoisotopic (exact) mass is 382 g/mol. The zero-order valence-corrected chi connectivity index (χ0v) is 14.4. The first kappa shape index (κ1) is 18.3. The Bertz CT molecular complexity index is 591. The number of benzene rings is 1. The Morgan fingerprint density at radius 3 is 2.43 bits per heavy atom. The van der Waals surface area contributed by atoms with Gasteiger partial charge in [0.15, 0.2) is 0 Å². The third-order valence-corrected chi connectivity index (χ3v) is 6.22. The van der Waals surface area contributed by atoms with Crippen LogP contribution < -0.4 is 5.73 Å². The van der Waals surface area contributed by atoms with Gasteiger partial charge in [-0.15, -0.1) is 0 Å². The summed E-state index contributed by atoms with van der Waals surface area (Å²) in [4.78, 5) is -0.0956. The summed E-state index contributed by atoms with van der Waals surface area (Å²) in [6.45, 7) is 3.45. The van der Waals surface area contributed by atoms with Crippen molar-refractivity contribution in [3.8, 4) is 0 Å². The van der Waals surface area contributed by atoms with E-state index in [0.717, 1.165) is 12.1 Å². The van der Waals surface area contributed by atoms with Crippen molar-refractivity contribution < 1.29 is 17.9 Å². The SMILES string of the molecule is CCC(CC)N(CCO)S(=O)(=O)c1cc(N)c(F)cc1Br. The summed E-state index contributed by atoms with van der Waals surface area (Å²) in [5.41, 5.74) is 5.24. The molecule has 0 atom stereocenters. The van der Waals surface area contributed by atoms with E-state index >= 15 is 0 Å². The van der Waals surface area contributed by atoms with Crippen molar-refractivity contribution in [3.05, 3.63) is 22.4 Å².